The van der Waals surface area contributed by atoms with Gasteiger partial charge in [0, 0.05) is 11.4 Å². The van der Waals surface area contributed by atoms with E-state index in [0.29, 0.717) is 0 Å². The predicted octanol–water partition coefficient (Wildman–Crippen LogP) is 4.52. The fourth-order valence-electron chi connectivity index (χ4n) is 2.99. The molecule has 0 unspecified atom stereocenters. The molecule has 0 spiro atoms. The zero-order valence-corrected chi connectivity index (χ0v) is 14.2. The normalized spacial score (nSPS) is 10.5. The molecule has 0 atom stereocenters. The molecule has 0 radical (unpaired) electrons. The van der Waals surface area contributed by atoms with Crippen LogP contribution in [0.4, 0.5) is 11.4 Å². The highest BCUT2D eigenvalue weighted by molar-refractivity contribution is 5.58. The molecule has 4 N–H and O–H groups in total. The van der Waals surface area contributed by atoms with Crippen LogP contribution in [0.2, 0.25) is 0 Å². The Morgan fingerprint density at radius 3 is 1.52 bits per heavy atom. The Labute approximate surface area is 139 Å². The SMILES string of the molecule is C=CCc1cc(Cc2cc(C)c(N)c(CC=C)c2)cc(C)c1N. The second kappa shape index (κ2) is 7.19. The van der Waals surface area contributed by atoms with Gasteiger partial charge < -0.3 is 11.5 Å². The van der Waals surface area contributed by atoms with Crippen LogP contribution >= 0.6 is 0 Å². The summed E-state index contributed by atoms with van der Waals surface area (Å²) in [6.45, 7) is 11.7. The summed E-state index contributed by atoms with van der Waals surface area (Å²) in [6, 6.07) is 8.70. The van der Waals surface area contributed by atoms with E-state index in [1.54, 1.807) is 0 Å². The lowest BCUT2D eigenvalue weighted by Gasteiger charge is -2.13. The van der Waals surface area contributed by atoms with Crippen molar-refractivity contribution in [3.8, 4) is 0 Å². The molecule has 2 aromatic carbocycles. The van der Waals surface area contributed by atoms with Crippen LogP contribution < -0.4 is 11.5 Å². The number of rotatable bonds is 6. The van der Waals surface area contributed by atoms with Crippen molar-refractivity contribution in [3.63, 3.8) is 0 Å². The summed E-state index contributed by atoms with van der Waals surface area (Å²) in [6.07, 6.45) is 6.25. The highest BCUT2D eigenvalue weighted by Crippen LogP contribution is 2.25. The number of allylic oxidation sites excluding steroid dienone is 2. The average Bonchev–Trinajstić information content (AvgIpc) is 2.50. The number of hydrogen-bond donors (Lipinski definition) is 2. The van der Waals surface area contributed by atoms with Crippen LogP contribution in [0.1, 0.15) is 33.4 Å². The highest BCUT2D eigenvalue weighted by atomic mass is 14.6. The van der Waals surface area contributed by atoms with Crippen LogP contribution in [0.5, 0.6) is 0 Å². The number of benzene rings is 2. The van der Waals surface area contributed by atoms with Gasteiger partial charge in [-0.05, 0) is 66.5 Å². The Hall–Kier alpha value is -2.48. The largest absolute Gasteiger partial charge is 0.398 e. The lowest BCUT2D eigenvalue weighted by Crippen LogP contribution is -2.02. The Bertz CT molecular complexity index is 678. The Morgan fingerprint density at radius 2 is 1.17 bits per heavy atom. The molecular formula is C21H26N2. The number of nitrogen functional groups attached to an aromatic ring is 2. The van der Waals surface area contributed by atoms with E-state index in [9.17, 15) is 0 Å². The van der Waals surface area contributed by atoms with Gasteiger partial charge in [0.25, 0.3) is 0 Å². The third-order valence-electron chi connectivity index (χ3n) is 4.20. The summed E-state index contributed by atoms with van der Waals surface area (Å²) < 4.78 is 0. The topological polar surface area (TPSA) is 52.0 Å². The van der Waals surface area contributed by atoms with Gasteiger partial charge in [-0.25, -0.2) is 0 Å². The maximum atomic E-state index is 6.16. The van der Waals surface area contributed by atoms with E-state index in [0.717, 1.165) is 52.9 Å². The smallest absolute Gasteiger partial charge is 0.0379 e. The van der Waals surface area contributed by atoms with Gasteiger partial charge in [0.1, 0.15) is 0 Å². The van der Waals surface area contributed by atoms with Gasteiger partial charge >= 0.3 is 0 Å². The molecule has 0 saturated carbocycles. The van der Waals surface area contributed by atoms with Crippen molar-refractivity contribution < 1.29 is 0 Å². The third kappa shape index (κ3) is 3.84. The van der Waals surface area contributed by atoms with Crippen LogP contribution in [-0.2, 0) is 19.3 Å². The maximum Gasteiger partial charge on any atom is 0.0379 e. The van der Waals surface area contributed by atoms with Crippen molar-refractivity contribution in [2.75, 3.05) is 11.5 Å². The Kier molecular flexibility index (Phi) is 5.28. The van der Waals surface area contributed by atoms with Gasteiger partial charge in [-0.2, -0.15) is 0 Å². The summed E-state index contributed by atoms with van der Waals surface area (Å²) >= 11 is 0. The van der Waals surface area contributed by atoms with E-state index in [1.165, 1.54) is 11.1 Å². The van der Waals surface area contributed by atoms with E-state index in [2.05, 4.69) is 51.3 Å². The molecular weight excluding hydrogens is 280 g/mol. The van der Waals surface area contributed by atoms with Crippen molar-refractivity contribution in [1.82, 2.24) is 0 Å². The lowest BCUT2D eigenvalue weighted by atomic mass is 9.94. The number of hydrogen-bond acceptors (Lipinski definition) is 2. The van der Waals surface area contributed by atoms with Crippen LogP contribution in [0.25, 0.3) is 0 Å². The predicted molar refractivity (Wildman–Crippen MR) is 102 cm³/mol. The van der Waals surface area contributed by atoms with E-state index >= 15 is 0 Å². The van der Waals surface area contributed by atoms with Gasteiger partial charge in [0.2, 0.25) is 0 Å². The van der Waals surface area contributed by atoms with Gasteiger partial charge in [-0.3, -0.25) is 0 Å². The van der Waals surface area contributed by atoms with Crippen molar-refractivity contribution in [2.24, 2.45) is 0 Å². The fourth-order valence-corrected chi connectivity index (χ4v) is 2.99. The molecule has 0 heterocycles. The number of anilines is 2. The average molecular weight is 306 g/mol. The monoisotopic (exact) mass is 306 g/mol. The van der Waals surface area contributed by atoms with E-state index in [-0.39, 0.29) is 0 Å². The molecule has 0 amide bonds. The molecule has 120 valence electrons. The van der Waals surface area contributed by atoms with Crippen molar-refractivity contribution in [3.05, 3.63) is 83.0 Å². The van der Waals surface area contributed by atoms with Gasteiger partial charge in [0.15, 0.2) is 0 Å². The second-order valence-corrected chi connectivity index (χ2v) is 6.13. The zero-order chi connectivity index (χ0) is 17.0. The Balaban J connectivity index is 2.39. The van der Waals surface area contributed by atoms with Crippen LogP contribution in [-0.4, -0.2) is 0 Å². The minimum atomic E-state index is 0.795. The van der Waals surface area contributed by atoms with Crippen molar-refractivity contribution in [1.29, 1.82) is 0 Å². The molecule has 0 aromatic heterocycles. The molecule has 0 bridgehead atoms. The molecule has 0 aliphatic carbocycles. The first kappa shape index (κ1) is 16.9. The molecule has 0 saturated heterocycles. The van der Waals surface area contributed by atoms with Gasteiger partial charge in [-0.15, -0.1) is 13.2 Å². The van der Waals surface area contributed by atoms with Gasteiger partial charge in [-0.1, -0.05) is 36.4 Å². The first-order chi connectivity index (χ1) is 11.0. The molecule has 2 rings (SSSR count). The molecule has 23 heavy (non-hydrogen) atoms. The lowest BCUT2D eigenvalue weighted by molar-refractivity contribution is 1.13. The summed E-state index contributed by atoms with van der Waals surface area (Å²) in [5, 5.41) is 0. The maximum absolute atomic E-state index is 6.16. The second-order valence-electron chi connectivity index (χ2n) is 6.13. The molecule has 2 nitrogen and oxygen atoms in total. The molecule has 2 aromatic rings. The van der Waals surface area contributed by atoms with Crippen LogP contribution in [0.15, 0.2) is 49.6 Å². The summed E-state index contributed by atoms with van der Waals surface area (Å²) in [4.78, 5) is 0. The first-order valence-electron chi connectivity index (χ1n) is 7.93. The van der Waals surface area contributed by atoms with Crippen molar-refractivity contribution in [2.45, 2.75) is 33.1 Å². The molecule has 0 aliphatic rings. The zero-order valence-electron chi connectivity index (χ0n) is 14.2. The fraction of sp³-hybridized carbons (Fsp3) is 0.238. The Morgan fingerprint density at radius 1 is 0.783 bits per heavy atom. The highest BCUT2D eigenvalue weighted by Gasteiger charge is 2.08. The van der Waals surface area contributed by atoms with Crippen molar-refractivity contribution >= 4 is 11.4 Å². The minimum Gasteiger partial charge on any atom is -0.398 e. The van der Waals surface area contributed by atoms with Crippen LogP contribution in [0, 0.1) is 13.8 Å². The van der Waals surface area contributed by atoms with E-state index in [4.69, 9.17) is 11.5 Å². The number of aryl methyl sites for hydroxylation is 2. The summed E-state index contributed by atoms with van der Waals surface area (Å²) in [5.74, 6) is 0. The third-order valence-corrected chi connectivity index (χ3v) is 4.20. The van der Waals surface area contributed by atoms with E-state index < -0.39 is 0 Å². The molecule has 2 heteroatoms. The van der Waals surface area contributed by atoms with Gasteiger partial charge in [0.05, 0.1) is 0 Å². The molecule has 0 aliphatic heterocycles. The van der Waals surface area contributed by atoms with Crippen LogP contribution in [0.3, 0.4) is 0 Å². The summed E-state index contributed by atoms with van der Waals surface area (Å²) in [7, 11) is 0. The van der Waals surface area contributed by atoms with E-state index in [1.807, 2.05) is 12.2 Å². The number of nitrogens with two attached hydrogens (primary N) is 2. The first-order valence-corrected chi connectivity index (χ1v) is 7.93. The summed E-state index contributed by atoms with van der Waals surface area (Å²) in [5.41, 5.74) is 21.1. The quantitative estimate of drug-likeness (QED) is 0.609. The minimum absolute atomic E-state index is 0.795. The molecule has 0 fully saturated rings. The standard InChI is InChI=1S/C21H26N2/c1-5-7-18-12-16(9-14(3)20(18)22)11-17-10-15(4)21(23)19(13-17)8-6-2/h5-6,9-10,12-13H,1-2,7-8,11,22-23H2,3-4H3.